The van der Waals surface area contributed by atoms with Gasteiger partial charge in [0.2, 0.25) is 5.91 Å². The normalized spacial score (nSPS) is 17.2. The number of para-hydroxylation sites is 2. The molecule has 0 bridgehead atoms. The molecule has 0 aromatic heterocycles. The van der Waals surface area contributed by atoms with E-state index in [9.17, 15) is 9.00 Å². The Morgan fingerprint density at radius 2 is 1.23 bits per heavy atom. The number of anilines is 2. The van der Waals surface area contributed by atoms with Crippen LogP contribution in [0.3, 0.4) is 0 Å². The minimum atomic E-state index is -1.27. The molecule has 0 spiro atoms. The Labute approximate surface area is 185 Å². The summed E-state index contributed by atoms with van der Waals surface area (Å²) < 4.78 is 13.0. The van der Waals surface area contributed by atoms with Crippen molar-refractivity contribution in [3.05, 3.63) is 84.4 Å². The third-order valence-corrected chi connectivity index (χ3v) is 7.42. The lowest BCUT2D eigenvalue weighted by molar-refractivity contribution is -0.119. The number of carbonyl (C=O) groups is 1. The van der Waals surface area contributed by atoms with Gasteiger partial charge in [0.1, 0.15) is 0 Å². The first-order chi connectivity index (χ1) is 15.2. The number of benzene rings is 3. The summed E-state index contributed by atoms with van der Waals surface area (Å²) in [5.41, 5.74) is 2.78. The molecular formula is C25H25N3O2S. The number of hydrogen-bond acceptors (Lipinski definition) is 4. The van der Waals surface area contributed by atoms with E-state index < -0.39 is 10.8 Å². The molecule has 0 radical (unpaired) electrons. The summed E-state index contributed by atoms with van der Waals surface area (Å²) in [7, 11) is -1.27. The van der Waals surface area contributed by atoms with Crippen molar-refractivity contribution < 1.29 is 9.00 Å². The zero-order valence-electron chi connectivity index (χ0n) is 17.3. The van der Waals surface area contributed by atoms with Crippen LogP contribution in [0.2, 0.25) is 0 Å². The zero-order chi connectivity index (χ0) is 21.2. The monoisotopic (exact) mass is 431 g/mol. The average molecular weight is 432 g/mol. The first kappa shape index (κ1) is 20.1. The summed E-state index contributed by atoms with van der Waals surface area (Å²) in [6, 6.07) is 25.5. The van der Waals surface area contributed by atoms with Gasteiger partial charge in [0, 0.05) is 32.7 Å². The number of nitrogens with zero attached hydrogens (tertiary/aromatic N) is 3. The fraction of sp³-hybridized carbons (Fsp3) is 0.240. The number of carbonyl (C=O) groups excluding carboxylic acids is 1. The fourth-order valence-electron chi connectivity index (χ4n) is 4.32. The topological polar surface area (TPSA) is 43.9 Å². The standard InChI is InChI=1S/C25H25N3O2S/c29-25(19-27-16-14-26(15-17-27)18-20-8-2-1-3-9-20)28-21-10-4-6-12-23(21)31(30)24-13-7-5-11-22(24)28/h1-13H,14-19H2. The van der Waals surface area contributed by atoms with E-state index in [0.29, 0.717) is 16.3 Å². The molecule has 1 amide bonds. The Hall–Kier alpha value is -2.80. The van der Waals surface area contributed by atoms with E-state index in [0.717, 1.165) is 44.1 Å². The maximum atomic E-state index is 13.4. The lowest BCUT2D eigenvalue weighted by Gasteiger charge is -2.36. The molecule has 0 saturated carbocycles. The molecule has 2 aliphatic heterocycles. The number of amides is 1. The lowest BCUT2D eigenvalue weighted by atomic mass is 10.2. The molecular weight excluding hydrogens is 406 g/mol. The molecule has 0 N–H and O–H groups in total. The predicted octanol–water partition coefficient (Wildman–Crippen LogP) is 3.65. The van der Waals surface area contributed by atoms with Gasteiger partial charge in [-0.25, -0.2) is 4.21 Å². The van der Waals surface area contributed by atoms with Gasteiger partial charge in [-0.1, -0.05) is 54.6 Å². The van der Waals surface area contributed by atoms with E-state index in [4.69, 9.17) is 0 Å². The van der Waals surface area contributed by atoms with Crippen LogP contribution in [0.5, 0.6) is 0 Å². The highest BCUT2D eigenvalue weighted by atomic mass is 32.2. The molecule has 0 atom stereocenters. The maximum absolute atomic E-state index is 13.4. The number of piperazine rings is 1. The molecule has 2 aliphatic rings. The molecule has 3 aromatic rings. The Morgan fingerprint density at radius 3 is 1.84 bits per heavy atom. The average Bonchev–Trinajstić information content (AvgIpc) is 2.81. The summed E-state index contributed by atoms with van der Waals surface area (Å²) in [4.78, 5) is 21.2. The molecule has 2 heterocycles. The highest BCUT2D eigenvalue weighted by Crippen LogP contribution is 2.41. The molecule has 3 aromatic carbocycles. The Kier molecular flexibility index (Phi) is 5.68. The Morgan fingerprint density at radius 1 is 0.710 bits per heavy atom. The minimum Gasteiger partial charge on any atom is -0.297 e. The summed E-state index contributed by atoms with van der Waals surface area (Å²) in [5, 5.41) is 0. The van der Waals surface area contributed by atoms with Crippen molar-refractivity contribution in [1.82, 2.24) is 9.80 Å². The second kappa shape index (κ2) is 8.75. The van der Waals surface area contributed by atoms with Gasteiger partial charge in [-0.2, -0.15) is 0 Å². The SMILES string of the molecule is O=C(CN1CCN(Cc2ccccc2)CC1)N1c2ccccc2S(=O)c2ccccc21. The van der Waals surface area contributed by atoms with Crippen molar-refractivity contribution in [1.29, 1.82) is 0 Å². The van der Waals surface area contributed by atoms with Crippen LogP contribution in [0.15, 0.2) is 88.7 Å². The van der Waals surface area contributed by atoms with Crippen molar-refractivity contribution in [2.24, 2.45) is 0 Å². The highest BCUT2D eigenvalue weighted by Gasteiger charge is 2.32. The molecule has 0 aliphatic carbocycles. The number of hydrogen-bond donors (Lipinski definition) is 0. The molecule has 0 unspecified atom stereocenters. The van der Waals surface area contributed by atoms with E-state index in [1.54, 1.807) is 4.90 Å². The largest absolute Gasteiger partial charge is 0.297 e. The number of rotatable bonds is 4. The van der Waals surface area contributed by atoms with Crippen molar-refractivity contribution in [2.75, 3.05) is 37.6 Å². The molecule has 5 rings (SSSR count). The quantitative estimate of drug-likeness (QED) is 0.633. The van der Waals surface area contributed by atoms with E-state index >= 15 is 0 Å². The van der Waals surface area contributed by atoms with Crippen molar-refractivity contribution >= 4 is 28.1 Å². The zero-order valence-corrected chi connectivity index (χ0v) is 18.1. The second-order valence-electron chi connectivity index (χ2n) is 7.97. The van der Waals surface area contributed by atoms with Crippen molar-refractivity contribution in [2.45, 2.75) is 16.3 Å². The number of fused-ring (bicyclic) bond motifs is 2. The van der Waals surface area contributed by atoms with Crippen LogP contribution in [-0.2, 0) is 22.1 Å². The summed E-state index contributed by atoms with van der Waals surface area (Å²) >= 11 is 0. The van der Waals surface area contributed by atoms with Gasteiger partial charge in [-0.15, -0.1) is 0 Å². The van der Waals surface area contributed by atoms with E-state index in [2.05, 4.69) is 34.1 Å². The van der Waals surface area contributed by atoms with Crippen LogP contribution in [-0.4, -0.2) is 52.6 Å². The van der Waals surface area contributed by atoms with Gasteiger partial charge < -0.3 is 0 Å². The van der Waals surface area contributed by atoms with Crippen LogP contribution in [0, 0.1) is 0 Å². The first-order valence-electron chi connectivity index (χ1n) is 10.6. The molecule has 1 fully saturated rings. The maximum Gasteiger partial charge on any atom is 0.245 e. The van der Waals surface area contributed by atoms with Crippen LogP contribution in [0.4, 0.5) is 11.4 Å². The molecule has 158 valence electrons. The Balaban J connectivity index is 1.29. The van der Waals surface area contributed by atoms with Gasteiger partial charge in [-0.05, 0) is 29.8 Å². The lowest BCUT2D eigenvalue weighted by Crippen LogP contribution is -2.49. The third kappa shape index (κ3) is 4.06. The predicted molar refractivity (Wildman–Crippen MR) is 123 cm³/mol. The van der Waals surface area contributed by atoms with Crippen molar-refractivity contribution in [3.63, 3.8) is 0 Å². The van der Waals surface area contributed by atoms with Gasteiger partial charge in [0.05, 0.1) is 38.5 Å². The fourth-order valence-corrected chi connectivity index (χ4v) is 5.66. The summed E-state index contributed by atoms with van der Waals surface area (Å²) in [6.45, 7) is 4.91. The molecule has 6 heteroatoms. The summed E-state index contributed by atoms with van der Waals surface area (Å²) in [6.07, 6.45) is 0. The minimum absolute atomic E-state index is 0.0214. The second-order valence-corrected chi connectivity index (χ2v) is 9.39. The van der Waals surface area contributed by atoms with Crippen molar-refractivity contribution in [3.8, 4) is 0 Å². The van der Waals surface area contributed by atoms with E-state index in [1.165, 1.54) is 5.56 Å². The smallest absolute Gasteiger partial charge is 0.245 e. The van der Waals surface area contributed by atoms with Crippen LogP contribution >= 0.6 is 0 Å². The molecule has 31 heavy (non-hydrogen) atoms. The molecule has 1 saturated heterocycles. The Bertz CT molecular complexity index is 1060. The van der Waals surface area contributed by atoms with Gasteiger partial charge >= 0.3 is 0 Å². The summed E-state index contributed by atoms with van der Waals surface area (Å²) in [5.74, 6) is 0.0214. The van der Waals surface area contributed by atoms with E-state index in [1.807, 2.05) is 54.6 Å². The van der Waals surface area contributed by atoms with Crippen LogP contribution in [0.25, 0.3) is 0 Å². The van der Waals surface area contributed by atoms with Gasteiger partial charge in [-0.3, -0.25) is 19.5 Å². The van der Waals surface area contributed by atoms with Gasteiger partial charge in [0.15, 0.2) is 0 Å². The third-order valence-electron chi connectivity index (χ3n) is 5.93. The highest BCUT2D eigenvalue weighted by molar-refractivity contribution is 7.85. The van der Waals surface area contributed by atoms with Crippen LogP contribution < -0.4 is 4.90 Å². The molecule has 5 nitrogen and oxygen atoms in total. The van der Waals surface area contributed by atoms with E-state index in [-0.39, 0.29) is 5.91 Å². The first-order valence-corrected chi connectivity index (χ1v) is 11.8. The van der Waals surface area contributed by atoms with Crippen LogP contribution in [0.1, 0.15) is 5.56 Å². The van der Waals surface area contributed by atoms with Gasteiger partial charge in [0.25, 0.3) is 0 Å².